The zero-order valence-electron chi connectivity index (χ0n) is 23.3. The van der Waals surface area contributed by atoms with Gasteiger partial charge in [0.15, 0.2) is 0 Å². The molecule has 6 heteroatoms. The monoisotopic (exact) mass is 525 g/mol. The third-order valence-corrected chi connectivity index (χ3v) is 6.90. The number of amides is 2. The van der Waals surface area contributed by atoms with Gasteiger partial charge in [0.2, 0.25) is 0 Å². The normalized spacial score (nSPS) is 12.2. The molecule has 0 aliphatic heterocycles. The highest BCUT2D eigenvalue weighted by Crippen LogP contribution is 2.28. The number of H-pyrrole nitrogens is 1. The summed E-state index contributed by atoms with van der Waals surface area (Å²) in [5.74, 6) is -0.205. The van der Waals surface area contributed by atoms with Crippen molar-refractivity contribution in [2.24, 2.45) is 0 Å². The van der Waals surface area contributed by atoms with E-state index in [0.29, 0.717) is 12.2 Å². The molecule has 6 nitrogen and oxygen atoms in total. The van der Waals surface area contributed by atoms with Crippen molar-refractivity contribution in [3.05, 3.63) is 95.7 Å². The number of fused-ring (bicyclic) bond motifs is 1. The number of nitrogens with one attached hydrogen (secondary N) is 3. The molecule has 204 valence electrons. The Bertz CT molecular complexity index is 1390. The van der Waals surface area contributed by atoms with Gasteiger partial charge in [0, 0.05) is 23.5 Å². The van der Waals surface area contributed by atoms with Crippen LogP contribution in [0.4, 0.5) is 4.79 Å². The third-order valence-electron chi connectivity index (χ3n) is 6.90. The lowest BCUT2D eigenvalue weighted by Crippen LogP contribution is -2.44. The van der Waals surface area contributed by atoms with E-state index in [0.717, 1.165) is 46.9 Å². The van der Waals surface area contributed by atoms with Gasteiger partial charge in [0.1, 0.15) is 12.3 Å². The molecule has 2 amide bonds. The molecule has 0 aliphatic carbocycles. The molecular weight excluding hydrogens is 486 g/mol. The molecule has 0 radical (unpaired) electrons. The van der Waals surface area contributed by atoms with E-state index in [2.05, 4.69) is 79.7 Å². The number of alkyl carbamates (subject to hydrolysis) is 1. The number of ether oxygens (including phenoxy) is 1. The number of carbonyl (C=O) groups is 2. The van der Waals surface area contributed by atoms with E-state index in [1.54, 1.807) is 0 Å². The summed E-state index contributed by atoms with van der Waals surface area (Å²) in [5.41, 5.74) is 5.95. The summed E-state index contributed by atoms with van der Waals surface area (Å²) in [6.45, 7) is 9.25. The molecule has 1 heterocycles. The Morgan fingerprint density at radius 3 is 2.33 bits per heavy atom. The Morgan fingerprint density at radius 2 is 1.64 bits per heavy atom. The van der Waals surface area contributed by atoms with E-state index < -0.39 is 6.09 Å². The predicted octanol–water partition coefficient (Wildman–Crippen LogP) is 7.35. The molecule has 0 saturated carbocycles. The molecule has 0 unspecified atom stereocenters. The Kier molecular flexibility index (Phi) is 9.07. The molecule has 1 aromatic heterocycles. The largest absolute Gasteiger partial charge is 0.445 e. The maximum atomic E-state index is 13.0. The first-order valence-electron chi connectivity index (χ1n) is 13.7. The summed E-state index contributed by atoms with van der Waals surface area (Å²) >= 11 is 0. The van der Waals surface area contributed by atoms with Gasteiger partial charge in [-0.25, -0.2) is 4.79 Å². The molecule has 0 spiro atoms. The molecule has 3 aromatic carbocycles. The summed E-state index contributed by atoms with van der Waals surface area (Å²) in [6.07, 6.45) is 2.20. The van der Waals surface area contributed by atoms with Crippen LogP contribution in [0.2, 0.25) is 0 Å². The first-order chi connectivity index (χ1) is 18.7. The number of rotatable bonds is 10. The second-order valence-electron chi connectivity index (χ2n) is 11.1. The van der Waals surface area contributed by atoms with Crippen LogP contribution in [0.25, 0.3) is 22.0 Å². The van der Waals surface area contributed by atoms with Crippen molar-refractivity contribution in [2.75, 3.05) is 6.54 Å². The number of hydrogen-bond acceptors (Lipinski definition) is 3. The number of benzene rings is 3. The van der Waals surface area contributed by atoms with Gasteiger partial charge < -0.3 is 20.4 Å². The van der Waals surface area contributed by atoms with Gasteiger partial charge in [-0.05, 0) is 46.2 Å². The predicted molar refractivity (Wildman–Crippen MR) is 158 cm³/mol. The van der Waals surface area contributed by atoms with Crippen LogP contribution < -0.4 is 10.6 Å². The highest BCUT2D eigenvalue weighted by atomic mass is 16.5. The van der Waals surface area contributed by atoms with E-state index in [4.69, 9.17) is 4.74 Å². The van der Waals surface area contributed by atoms with Gasteiger partial charge in [0.05, 0.1) is 0 Å². The zero-order valence-corrected chi connectivity index (χ0v) is 23.3. The Balaban J connectivity index is 1.37. The van der Waals surface area contributed by atoms with Crippen LogP contribution in [0.5, 0.6) is 0 Å². The topological polar surface area (TPSA) is 83.2 Å². The summed E-state index contributed by atoms with van der Waals surface area (Å²) in [5, 5.41) is 6.85. The first-order valence-corrected chi connectivity index (χ1v) is 13.7. The quantitative estimate of drug-likeness (QED) is 0.202. The highest BCUT2D eigenvalue weighted by molar-refractivity contribution is 5.98. The lowest BCUT2D eigenvalue weighted by Gasteiger charge is -2.19. The van der Waals surface area contributed by atoms with Crippen molar-refractivity contribution in [2.45, 2.75) is 65.0 Å². The molecule has 39 heavy (non-hydrogen) atoms. The fraction of sp³-hybridized carbons (Fsp3) is 0.333. The molecule has 0 fully saturated rings. The van der Waals surface area contributed by atoms with Crippen molar-refractivity contribution in [3.8, 4) is 11.1 Å². The van der Waals surface area contributed by atoms with Crippen LogP contribution in [0.15, 0.2) is 78.9 Å². The van der Waals surface area contributed by atoms with Gasteiger partial charge in [-0.3, -0.25) is 4.79 Å². The van der Waals surface area contributed by atoms with Gasteiger partial charge in [0.25, 0.3) is 5.91 Å². The van der Waals surface area contributed by atoms with Crippen LogP contribution in [-0.2, 0) is 16.8 Å². The second-order valence-corrected chi connectivity index (χ2v) is 11.1. The minimum atomic E-state index is -0.483. The van der Waals surface area contributed by atoms with Crippen LogP contribution in [0, 0.1) is 0 Å². The van der Waals surface area contributed by atoms with Gasteiger partial charge in [-0.2, -0.15) is 0 Å². The summed E-state index contributed by atoms with van der Waals surface area (Å²) in [6, 6.07) is 26.0. The van der Waals surface area contributed by atoms with Gasteiger partial charge in [-0.15, -0.1) is 0 Å². The van der Waals surface area contributed by atoms with Crippen LogP contribution in [-0.4, -0.2) is 29.6 Å². The lowest BCUT2D eigenvalue weighted by atomic mass is 9.86. The molecule has 1 atom stereocenters. The van der Waals surface area contributed by atoms with Crippen LogP contribution in [0.1, 0.15) is 68.6 Å². The highest BCUT2D eigenvalue weighted by Gasteiger charge is 2.17. The SMILES string of the molecule is CCCC[C@@H](CNC(=O)c1cc2ccc(-c3ccc(C(C)(C)C)cc3)cc2[nH]1)NC(=O)OCc1ccccc1. The van der Waals surface area contributed by atoms with E-state index in [9.17, 15) is 9.59 Å². The molecule has 3 N–H and O–H groups in total. The zero-order chi connectivity index (χ0) is 27.8. The third kappa shape index (κ3) is 7.73. The Labute approximate surface area is 231 Å². The molecule has 4 rings (SSSR count). The van der Waals surface area contributed by atoms with Crippen molar-refractivity contribution in [1.82, 2.24) is 15.6 Å². The summed E-state index contributed by atoms with van der Waals surface area (Å²) in [7, 11) is 0. The van der Waals surface area contributed by atoms with Gasteiger partial charge >= 0.3 is 6.09 Å². The number of carbonyl (C=O) groups excluding carboxylic acids is 2. The van der Waals surface area contributed by atoms with E-state index in [1.807, 2.05) is 42.5 Å². The van der Waals surface area contributed by atoms with E-state index in [-0.39, 0.29) is 24.0 Å². The van der Waals surface area contributed by atoms with E-state index >= 15 is 0 Å². The smallest absolute Gasteiger partial charge is 0.407 e. The maximum Gasteiger partial charge on any atom is 0.407 e. The number of hydrogen-bond donors (Lipinski definition) is 3. The molecule has 4 aromatic rings. The minimum absolute atomic E-state index is 0.109. The lowest BCUT2D eigenvalue weighted by molar-refractivity contribution is 0.0940. The first kappa shape index (κ1) is 28.0. The average Bonchev–Trinajstić information content (AvgIpc) is 3.37. The Morgan fingerprint density at radius 1 is 0.923 bits per heavy atom. The number of aromatic amines is 1. The molecule has 0 saturated heterocycles. The standard InChI is InChI=1S/C33H39N3O3/c1-5-6-12-28(35-32(38)39-22-23-10-8-7-9-11-23)21-34-31(37)30-20-26-14-13-25(19-29(26)36-30)24-15-17-27(18-16-24)33(2,3)4/h7-11,13-20,28,36H,5-6,12,21-22H2,1-4H3,(H,34,37)(H,35,38)/t28-/m0/s1. The second kappa shape index (κ2) is 12.7. The van der Waals surface area contributed by atoms with Crippen molar-refractivity contribution in [3.63, 3.8) is 0 Å². The molecular formula is C33H39N3O3. The minimum Gasteiger partial charge on any atom is -0.445 e. The average molecular weight is 526 g/mol. The number of unbranched alkanes of at least 4 members (excludes halogenated alkanes) is 1. The fourth-order valence-corrected chi connectivity index (χ4v) is 4.51. The molecule has 0 bridgehead atoms. The van der Waals surface area contributed by atoms with Gasteiger partial charge in [-0.1, -0.05) is 107 Å². The Hall–Kier alpha value is -4.06. The van der Waals surface area contributed by atoms with Crippen LogP contribution >= 0.6 is 0 Å². The van der Waals surface area contributed by atoms with Crippen molar-refractivity contribution < 1.29 is 14.3 Å². The fourth-order valence-electron chi connectivity index (χ4n) is 4.51. The van der Waals surface area contributed by atoms with E-state index in [1.165, 1.54) is 5.56 Å². The number of aromatic nitrogens is 1. The van der Waals surface area contributed by atoms with Crippen LogP contribution in [0.3, 0.4) is 0 Å². The van der Waals surface area contributed by atoms with Crippen molar-refractivity contribution in [1.29, 1.82) is 0 Å². The molecule has 0 aliphatic rings. The maximum absolute atomic E-state index is 13.0. The van der Waals surface area contributed by atoms with Crippen molar-refractivity contribution >= 4 is 22.9 Å². The summed E-state index contributed by atoms with van der Waals surface area (Å²) < 4.78 is 5.37. The summed E-state index contributed by atoms with van der Waals surface area (Å²) in [4.78, 5) is 28.6.